The minimum atomic E-state index is -0.157. The lowest BCUT2D eigenvalue weighted by Crippen LogP contribution is -2.25. The zero-order chi connectivity index (χ0) is 16.7. The fraction of sp³-hybridized carbons (Fsp3) is 0.100. The second-order valence-electron chi connectivity index (χ2n) is 5.85. The quantitative estimate of drug-likeness (QED) is 0.583. The first-order chi connectivity index (χ1) is 11.7. The van der Waals surface area contributed by atoms with Crippen LogP contribution in [0.4, 0.5) is 0 Å². The zero-order valence-electron chi connectivity index (χ0n) is 14.0. The van der Waals surface area contributed by atoms with E-state index >= 15 is 0 Å². The van der Waals surface area contributed by atoms with Gasteiger partial charge in [0.15, 0.2) is 0 Å². The molecule has 0 atom stereocenters. The van der Waals surface area contributed by atoms with E-state index in [9.17, 15) is 4.79 Å². The van der Waals surface area contributed by atoms with E-state index in [0.717, 1.165) is 39.6 Å². The molecule has 2 aliphatic rings. The molecule has 0 aliphatic carbocycles. The molecule has 2 aliphatic heterocycles. The molecular formula is C20H18ClN3O. The Morgan fingerprint density at radius 3 is 2.16 bits per heavy atom. The summed E-state index contributed by atoms with van der Waals surface area (Å²) in [5.41, 5.74) is 6.13. The van der Waals surface area contributed by atoms with E-state index in [1.807, 2.05) is 74.5 Å². The lowest BCUT2D eigenvalue weighted by molar-refractivity contribution is 0.876. The van der Waals surface area contributed by atoms with Crippen LogP contribution in [0.1, 0.15) is 11.4 Å². The number of rotatable bonds is 2. The average Bonchev–Trinajstić information content (AvgIpc) is 2.93. The van der Waals surface area contributed by atoms with Gasteiger partial charge in [-0.05, 0) is 26.0 Å². The molecule has 0 aromatic heterocycles. The van der Waals surface area contributed by atoms with E-state index in [-0.39, 0.29) is 18.1 Å². The highest BCUT2D eigenvalue weighted by Gasteiger charge is 2.23. The molecule has 0 saturated carbocycles. The summed E-state index contributed by atoms with van der Waals surface area (Å²) in [6.45, 7) is 3.95. The molecule has 126 valence electrons. The molecule has 0 saturated heterocycles. The molecule has 0 bridgehead atoms. The van der Waals surface area contributed by atoms with E-state index < -0.39 is 0 Å². The zero-order valence-corrected chi connectivity index (χ0v) is 14.8. The van der Waals surface area contributed by atoms with Crippen molar-refractivity contribution in [1.82, 2.24) is 14.5 Å². The maximum Gasteiger partial charge on any atom is 0.330 e. The van der Waals surface area contributed by atoms with Gasteiger partial charge in [0, 0.05) is 22.5 Å². The van der Waals surface area contributed by atoms with E-state index in [4.69, 9.17) is 4.98 Å². The van der Waals surface area contributed by atoms with Gasteiger partial charge < -0.3 is 4.98 Å². The molecule has 2 heterocycles. The van der Waals surface area contributed by atoms with Gasteiger partial charge in [-0.3, -0.25) is 9.55 Å². The van der Waals surface area contributed by atoms with Crippen molar-refractivity contribution in [1.29, 1.82) is 0 Å². The van der Waals surface area contributed by atoms with Crippen LogP contribution in [0.25, 0.3) is 28.2 Å². The number of H-pyrrole nitrogens is 1. The molecule has 5 heteroatoms. The lowest BCUT2D eigenvalue weighted by Gasteiger charge is -2.14. The Morgan fingerprint density at radius 2 is 1.52 bits per heavy atom. The summed E-state index contributed by atoms with van der Waals surface area (Å²) in [6.07, 6.45) is 0. The van der Waals surface area contributed by atoms with E-state index in [1.54, 1.807) is 4.57 Å². The van der Waals surface area contributed by atoms with Crippen LogP contribution in [-0.2, 0) is 0 Å². The number of nitrogens with one attached hydrogen (secondary N) is 1. The van der Waals surface area contributed by atoms with Crippen molar-refractivity contribution in [3.8, 4) is 28.2 Å². The number of nitrogens with zero attached hydrogens (tertiary/aromatic N) is 2. The molecule has 4 rings (SSSR count). The maximum absolute atomic E-state index is 12.7. The number of halogens is 1. The van der Waals surface area contributed by atoms with Gasteiger partial charge in [0.1, 0.15) is 0 Å². The standard InChI is InChI=1S/C20H17N3O.ClH/c1-13-17-14(2)23(16-11-7-4-8-12-16)20(24)22-19(17)18(21-13)15-9-5-3-6-10-15;/h3-12H,1-2H3,(H,22,24);1H. The average molecular weight is 352 g/mol. The minimum absolute atomic E-state index is 0. The van der Waals surface area contributed by atoms with Crippen molar-refractivity contribution < 1.29 is 0 Å². The molecule has 2 aromatic rings. The van der Waals surface area contributed by atoms with Crippen LogP contribution in [0, 0.1) is 13.8 Å². The third kappa shape index (κ3) is 2.75. The summed E-state index contributed by atoms with van der Waals surface area (Å²) < 4.78 is 1.70. The molecule has 0 spiro atoms. The summed E-state index contributed by atoms with van der Waals surface area (Å²) in [5, 5.41) is 0. The monoisotopic (exact) mass is 351 g/mol. The number of para-hydroxylation sites is 1. The normalized spacial score (nSPS) is 10.6. The first-order valence-electron chi connectivity index (χ1n) is 7.89. The van der Waals surface area contributed by atoms with Gasteiger partial charge in [-0.1, -0.05) is 48.5 Å². The van der Waals surface area contributed by atoms with E-state index in [0.29, 0.717) is 0 Å². The van der Waals surface area contributed by atoms with Crippen molar-refractivity contribution in [2.75, 3.05) is 0 Å². The van der Waals surface area contributed by atoms with Crippen LogP contribution in [-0.4, -0.2) is 14.5 Å². The fourth-order valence-electron chi connectivity index (χ4n) is 3.26. The fourth-order valence-corrected chi connectivity index (χ4v) is 3.26. The van der Waals surface area contributed by atoms with Crippen LogP contribution in [0.2, 0.25) is 0 Å². The highest BCUT2D eigenvalue weighted by atomic mass is 35.5. The predicted octanol–water partition coefficient (Wildman–Crippen LogP) is 4.37. The predicted molar refractivity (Wildman–Crippen MR) is 103 cm³/mol. The lowest BCUT2D eigenvalue weighted by atomic mass is 10.1. The maximum atomic E-state index is 12.7. The van der Waals surface area contributed by atoms with Crippen LogP contribution >= 0.6 is 12.4 Å². The van der Waals surface area contributed by atoms with Crippen LogP contribution in [0.5, 0.6) is 0 Å². The van der Waals surface area contributed by atoms with Gasteiger partial charge in [0.2, 0.25) is 0 Å². The van der Waals surface area contributed by atoms with Crippen molar-refractivity contribution in [3.05, 3.63) is 82.5 Å². The largest absolute Gasteiger partial charge is 0.330 e. The third-order valence-corrected chi connectivity index (χ3v) is 4.32. The molecule has 4 nitrogen and oxygen atoms in total. The summed E-state index contributed by atoms with van der Waals surface area (Å²) in [5.74, 6) is 0. The Morgan fingerprint density at radius 1 is 0.920 bits per heavy atom. The summed E-state index contributed by atoms with van der Waals surface area (Å²) in [7, 11) is 0. The van der Waals surface area contributed by atoms with Gasteiger partial charge in [-0.25, -0.2) is 4.79 Å². The van der Waals surface area contributed by atoms with Gasteiger partial charge in [-0.2, -0.15) is 0 Å². The summed E-state index contributed by atoms with van der Waals surface area (Å²) in [6, 6.07) is 19.6. The van der Waals surface area contributed by atoms with Gasteiger partial charge in [0.25, 0.3) is 0 Å². The third-order valence-electron chi connectivity index (χ3n) is 4.32. The van der Waals surface area contributed by atoms with Crippen molar-refractivity contribution in [3.63, 3.8) is 0 Å². The van der Waals surface area contributed by atoms with Gasteiger partial charge >= 0.3 is 5.69 Å². The Balaban J connectivity index is 0.00000182. The second-order valence-corrected chi connectivity index (χ2v) is 5.85. The first-order valence-corrected chi connectivity index (χ1v) is 7.89. The molecule has 2 aromatic carbocycles. The van der Waals surface area contributed by atoms with Crippen LogP contribution in [0.3, 0.4) is 0 Å². The Hall–Kier alpha value is -2.85. The molecule has 25 heavy (non-hydrogen) atoms. The van der Waals surface area contributed by atoms with E-state index in [2.05, 4.69) is 4.98 Å². The number of aromatic amines is 1. The Labute approximate surface area is 151 Å². The number of hydrogen-bond donors (Lipinski definition) is 1. The molecule has 0 unspecified atom stereocenters. The van der Waals surface area contributed by atoms with Gasteiger partial charge in [0.05, 0.1) is 17.1 Å². The molecule has 0 radical (unpaired) electrons. The molecule has 1 N–H and O–H groups in total. The highest BCUT2D eigenvalue weighted by molar-refractivity contribution is 5.85. The van der Waals surface area contributed by atoms with Crippen molar-refractivity contribution in [2.45, 2.75) is 13.8 Å². The Kier molecular flexibility index (Phi) is 4.47. The van der Waals surface area contributed by atoms with E-state index in [1.165, 1.54) is 0 Å². The van der Waals surface area contributed by atoms with Gasteiger partial charge in [-0.15, -0.1) is 12.4 Å². The smallest absolute Gasteiger partial charge is 0.304 e. The minimum Gasteiger partial charge on any atom is -0.304 e. The Bertz CT molecular complexity index is 1040. The molecular weight excluding hydrogens is 334 g/mol. The number of hydrogen-bond acceptors (Lipinski definition) is 2. The topological polar surface area (TPSA) is 50.7 Å². The number of aryl methyl sites for hydroxylation is 1. The summed E-state index contributed by atoms with van der Waals surface area (Å²) >= 11 is 0. The first kappa shape index (κ1) is 17.0. The molecule has 0 amide bonds. The second kappa shape index (κ2) is 6.57. The van der Waals surface area contributed by atoms with Crippen LogP contribution < -0.4 is 5.69 Å². The van der Waals surface area contributed by atoms with Crippen molar-refractivity contribution in [2.24, 2.45) is 0 Å². The SMILES string of the molecule is Cc1nc(-c2ccccc2)c2[nH]c(=O)n(-c3ccccc3)c(C)c1-2.Cl. The number of aromatic nitrogens is 3. The number of benzene rings is 2. The highest BCUT2D eigenvalue weighted by Crippen LogP contribution is 2.35. The van der Waals surface area contributed by atoms with Crippen molar-refractivity contribution >= 4 is 12.4 Å². The summed E-state index contributed by atoms with van der Waals surface area (Å²) in [4.78, 5) is 20.5. The van der Waals surface area contributed by atoms with Crippen LogP contribution in [0.15, 0.2) is 65.5 Å². The number of fused-ring (bicyclic) bond motifs is 1. The molecule has 0 fully saturated rings.